The van der Waals surface area contributed by atoms with E-state index in [4.69, 9.17) is 11.6 Å². The molecule has 6 heteroatoms. The van der Waals surface area contributed by atoms with Crippen molar-refractivity contribution in [2.24, 2.45) is 0 Å². The molecule has 0 N–H and O–H groups in total. The normalized spacial score (nSPS) is 11.1. The van der Waals surface area contributed by atoms with Crippen molar-refractivity contribution < 1.29 is 13.5 Å². The molecule has 16 heavy (non-hydrogen) atoms. The van der Waals surface area contributed by atoms with Gasteiger partial charge in [0.1, 0.15) is 5.52 Å². The summed E-state index contributed by atoms with van der Waals surface area (Å²) in [4.78, 5) is 4.04. The Morgan fingerprint density at radius 1 is 1.38 bits per heavy atom. The summed E-state index contributed by atoms with van der Waals surface area (Å²) in [7, 11) is 0. The Labute approximate surface area is 109 Å². The second-order valence-electron chi connectivity index (χ2n) is 2.95. The highest BCUT2D eigenvalue weighted by molar-refractivity contribution is 14.1. The maximum absolute atomic E-state index is 12.1. The molecule has 0 fully saturated rings. The zero-order chi connectivity index (χ0) is 11.7. The van der Waals surface area contributed by atoms with Gasteiger partial charge in [0.05, 0.1) is 8.59 Å². The van der Waals surface area contributed by atoms with Crippen LogP contribution in [-0.4, -0.2) is 11.6 Å². The van der Waals surface area contributed by atoms with Gasteiger partial charge in [0, 0.05) is 11.6 Å². The first kappa shape index (κ1) is 11.8. The van der Waals surface area contributed by atoms with Crippen LogP contribution in [0.25, 0.3) is 10.9 Å². The summed E-state index contributed by atoms with van der Waals surface area (Å²) < 4.78 is 29.4. The molecule has 0 radical (unpaired) electrons. The summed E-state index contributed by atoms with van der Waals surface area (Å²) in [6.45, 7) is -2.87. The van der Waals surface area contributed by atoms with E-state index in [1.54, 1.807) is 12.1 Å². The number of hydrogen-bond donors (Lipinski definition) is 0. The molecular weight excluding hydrogens is 350 g/mol. The van der Waals surface area contributed by atoms with E-state index in [2.05, 4.69) is 9.72 Å². The van der Waals surface area contributed by atoms with Gasteiger partial charge in [-0.05, 0) is 28.7 Å². The molecule has 0 aliphatic heterocycles. The Hall–Kier alpha value is -0.690. The van der Waals surface area contributed by atoms with Crippen LogP contribution < -0.4 is 4.74 Å². The number of hydrogen-bond acceptors (Lipinski definition) is 2. The fourth-order valence-corrected chi connectivity index (χ4v) is 1.96. The first-order chi connectivity index (χ1) is 7.59. The van der Waals surface area contributed by atoms with E-state index in [-0.39, 0.29) is 5.75 Å². The quantitative estimate of drug-likeness (QED) is 0.757. The number of ether oxygens (including phenoxy) is 1. The van der Waals surface area contributed by atoms with Crippen LogP contribution in [-0.2, 0) is 0 Å². The first-order valence-electron chi connectivity index (χ1n) is 4.27. The third-order valence-electron chi connectivity index (χ3n) is 1.97. The smallest absolute Gasteiger partial charge is 0.387 e. The van der Waals surface area contributed by atoms with Gasteiger partial charge >= 0.3 is 6.61 Å². The van der Waals surface area contributed by atoms with Crippen molar-refractivity contribution in [1.82, 2.24) is 4.98 Å². The highest BCUT2D eigenvalue weighted by atomic mass is 127. The number of fused-ring (bicyclic) bond motifs is 1. The van der Waals surface area contributed by atoms with E-state index in [0.29, 0.717) is 15.9 Å². The SMILES string of the molecule is FC(F)Oc1cccc2c(Cl)c(I)cnc12. The standard InChI is InChI=1S/C10H5ClF2INO/c11-8-5-2-1-3-7(16-10(12)13)9(5)15-4-6(8)14/h1-4,10H. The minimum atomic E-state index is -2.87. The summed E-state index contributed by atoms with van der Waals surface area (Å²) in [6, 6.07) is 4.75. The molecule has 0 aliphatic rings. The van der Waals surface area contributed by atoms with Gasteiger partial charge in [-0.2, -0.15) is 8.78 Å². The van der Waals surface area contributed by atoms with Gasteiger partial charge in [-0.3, -0.25) is 4.98 Å². The Morgan fingerprint density at radius 3 is 2.81 bits per heavy atom. The van der Waals surface area contributed by atoms with Crippen LogP contribution in [0.1, 0.15) is 0 Å². The zero-order valence-electron chi connectivity index (χ0n) is 7.75. The highest BCUT2D eigenvalue weighted by Crippen LogP contribution is 2.32. The van der Waals surface area contributed by atoms with E-state index < -0.39 is 6.61 Å². The average Bonchev–Trinajstić information content (AvgIpc) is 2.23. The number of aromatic nitrogens is 1. The number of rotatable bonds is 2. The van der Waals surface area contributed by atoms with E-state index in [0.717, 1.165) is 3.57 Å². The van der Waals surface area contributed by atoms with Gasteiger partial charge in [0.25, 0.3) is 0 Å². The fraction of sp³-hybridized carbons (Fsp3) is 0.100. The molecule has 84 valence electrons. The number of nitrogens with zero attached hydrogens (tertiary/aromatic N) is 1. The van der Waals surface area contributed by atoms with E-state index in [9.17, 15) is 8.78 Å². The van der Waals surface area contributed by atoms with Crippen LogP contribution in [0, 0.1) is 3.57 Å². The summed E-state index contributed by atoms with van der Waals surface area (Å²) in [5.74, 6) is 0.0331. The van der Waals surface area contributed by atoms with Crippen molar-refractivity contribution >= 4 is 45.1 Å². The molecule has 1 aromatic heterocycles. The average molecular weight is 356 g/mol. The highest BCUT2D eigenvalue weighted by Gasteiger charge is 2.12. The molecule has 0 aliphatic carbocycles. The summed E-state index contributed by atoms with van der Waals surface area (Å²) >= 11 is 8.07. The van der Waals surface area contributed by atoms with Gasteiger partial charge in [-0.25, -0.2) is 0 Å². The van der Waals surface area contributed by atoms with Crippen molar-refractivity contribution in [3.8, 4) is 5.75 Å². The molecule has 0 atom stereocenters. The van der Waals surface area contributed by atoms with Crippen LogP contribution in [0.4, 0.5) is 8.78 Å². The maximum Gasteiger partial charge on any atom is 0.387 e. The summed E-state index contributed by atoms with van der Waals surface area (Å²) in [5.41, 5.74) is 0.341. The van der Waals surface area contributed by atoms with Crippen LogP contribution in [0.2, 0.25) is 5.02 Å². The van der Waals surface area contributed by atoms with Crippen molar-refractivity contribution in [3.05, 3.63) is 33.0 Å². The monoisotopic (exact) mass is 355 g/mol. The van der Waals surface area contributed by atoms with Crippen LogP contribution in [0.15, 0.2) is 24.4 Å². The molecule has 0 saturated carbocycles. The Morgan fingerprint density at radius 2 is 2.12 bits per heavy atom. The van der Waals surface area contributed by atoms with Crippen molar-refractivity contribution in [1.29, 1.82) is 0 Å². The van der Waals surface area contributed by atoms with E-state index >= 15 is 0 Å². The Balaban J connectivity index is 2.65. The van der Waals surface area contributed by atoms with Crippen LogP contribution in [0.3, 0.4) is 0 Å². The number of benzene rings is 1. The molecule has 0 bridgehead atoms. The molecule has 1 aromatic carbocycles. The lowest BCUT2D eigenvalue weighted by Gasteiger charge is -2.08. The van der Waals surface area contributed by atoms with Crippen molar-refractivity contribution in [3.63, 3.8) is 0 Å². The molecule has 0 amide bonds. The molecule has 2 nitrogen and oxygen atoms in total. The maximum atomic E-state index is 12.1. The number of para-hydroxylation sites is 1. The lowest BCUT2D eigenvalue weighted by molar-refractivity contribution is -0.0489. The van der Waals surface area contributed by atoms with Gasteiger partial charge in [0.15, 0.2) is 5.75 Å². The number of alkyl halides is 2. The van der Waals surface area contributed by atoms with Gasteiger partial charge in [-0.1, -0.05) is 23.7 Å². The Bertz CT molecular complexity index is 535. The van der Waals surface area contributed by atoms with E-state index in [1.807, 2.05) is 22.6 Å². The third-order valence-corrected chi connectivity index (χ3v) is 3.51. The molecule has 0 saturated heterocycles. The third kappa shape index (κ3) is 2.20. The Kier molecular flexibility index (Phi) is 3.44. The molecule has 2 rings (SSSR count). The second-order valence-corrected chi connectivity index (χ2v) is 4.49. The van der Waals surface area contributed by atoms with Crippen LogP contribution >= 0.6 is 34.2 Å². The predicted molar refractivity (Wildman–Crippen MR) is 66.1 cm³/mol. The summed E-state index contributed by atoms with van der Waals surface area (Å²) in [5, 5.41) is 1.09. The number of halogens is 4. The zero-order valence-corrected chi connectivity index (χ0v) is 10.7. The second kappa shape index (κ2) is 4.67. The molecule has 1 heterocycles. The van der Waals surface area contributed by atoms with Gasteiger partial charge in [-0.15, -0.1) is 0 Å². The lowest BCUT2D eigenvalue weighted by atomic mass is 10.2. The molecule has 0 spiro atoms. The summed E-state index contributed by atoms with van der Waals surface area (Å²) in [6.07, 6.45) is 1.52. The largest absolute Gasteiger partial charge is 0.432 e. The molecular formula is C10H5ClF2INO. The first-order valence-corrected chi connectivity index (χ1v) is 5.73. The minimum absolute atomic E-state index is 0.0331. The molecule has 0 unspecified atom stereocenters. The van der Waals surface area contributed by atoms with Gasteiger partial charge < -0.3 is 4.74 Å². The van der Waals surface area contributed by atoms with E-state index in [1.165, 1.54) is 12.3 Å². The number of pyridine rings is 1. The fourth-order valence-electron chi connectivity index (χ4n) is 1.33. The predicted octanol–water partition coefficient (Wildman–Crippen LogP) is 4.09. The van der Waals surface area contributed by atoms with Crippen molar-refractivity contribution in [2.75, 3.05) is 0 Å². The van der Waals surface area contributed by atoms with Gasteiger partial charge in [0.2, 0.25) is 0 Å². The lowest BCUT2D eigenvalue weighted by Crippen LogP contribution is -2.03. The molecule has 2 aromatic rings. The topological polar surface area (TPSA) is 22.1 Å². The van der Waals surface area contributed by atoms with Crippen LogP contribution in [0.5, 0.6) is 5.75 Å². The van der Waals surface area contributed by atoms with Crippen molar-refractivity contribution in [2.45, 2.75) is 6.61 Å². The minimum Gasteiger partial charge on any atom is -0.432 e.